The summed E-state index contributed by atoms with van der Waals surface area (Å²) in [4.78, 5) is 27.6. The average Bonchev–Trinajstić information content (AvgIpc) is 2.98. The second-order valence-electron chi connectivity index (χ2n) is 6.29. The zero-order chi connectivity index (χ0) is 21.1. The van der Waals surface area contributed by atoms with Crippen LogP contribution in [0.25, 0.3) is 6.08 Å². The van der Waals surface area contributed by atoms with Gasteiger partial charge in [-0.05, 0) is 60.9 Å². The van der Waals surface area contributed by atoms with Crippen LogP contribution in [0.3, 0.4) is 0 Å². The zero-order valence-electron chi connectivity index (χ0n) is 15.9. The molecule has 1 heterocycles. The molecule has 2 aromatic carbocycles. The summed E-state index contributed by atoms with van der Waals surface area (Å²) < 4.78 is 40.0. The Kier molecular flexibility index (Phi) is 5.72. The van der Waals surface area contributed by atoms with Crippen molar-refractivity contribution in [3.8, 4) is 11.5 Å². The number of aliphatic imine (C=N–C) groups is 1. The number of cyclic esters (lactones) is 1. The third kappa shape index (κ3) is 4.66. The fourth-order valence-electron chi connectivity index (χ4n) is 2.90. The van der Waals surface area contributed by atoms with Gasteiger partial charge in [-0.25, -0.2) is 9.79 Å². The van der Waals surface area contributed by atoms with Gasteiger partial charge in [0.1, 0.15) is 11.5 Å². The van der Waals surface area contributed by atoms with Crippen molar-refractivity contribution in [2.75, 3.05) is 0 Å². The van der Waals surface area contributed by atoms with E-state index in [1.165, 1.54) is 31.2 Å². The highest BCUT2D eigenvalue weighted by Gasteiger charge is 2.27. The molecule has 0 bridgehead atoms. The fraction of sp³-hybridized carbons (Fsp3) is 0.190. The van der Waals surface area contributed by atoms with E-state index >= 15 is 0 Å². The molecule has 0 spiro atoms. The van der Waals surface area contributed by atoms with Crippen LogP contribution in [0.5, 0.6) is 11.5 Å². The van der Waals surface area contributed by atoms with Crippen molar-refractivity contribution in [2.24, 2.45) is 4.99 Å². The Morgan fingerprint density at radius 2 is 1.83 bits per heavy atom. The number of alkyl halides is 2. The van der Waals surface area contributed by atoms with Crippen molar-refractivity contribution in [3.63, 3.8) is 0 Å². The highest BCUT2D eigenvalue weighted by Crippen LogP contribution is 2.29. The average molecular weight is 401 g/mol. The predicted molar refractivity (Wildman–Crippen MR) is 101 cm³/mol. The molecule has 150 valence electrons. The number of hydrogen-bond acceptors (Lipinski definition) is 6. The van der Waals surface area contributed by atoms with Crippen LogP contribution in [0.1, 0.15) is 29.2 Å². The number of benzene rings is 2. The first-order chi connectivity index (χ1) is 13.7. The summed E-state index contributed by atoms with van der Waals surface area (Å²) in [5.74, 6) is -0.960. The third-order valence-corrected chi connectivity index (χ3v) is 3.99. The van der Waals surface area contributed by atoms with Gasteiger partial charge in [0.2, 0.25) is 5.90 Å². The normalized spacial score (nSPS) is 14.8. The minimum absolute atomic E-state index is 0.00545. The summed E-state index contributed by atoms with van der Waals surface area (Å²) in [5, 5.41) is 0. The quantitative estimate of drug-likeness (QED) is 0.427. The highest BCUT2D eigenvalue weighted by molar-refractivity contribution is 6.13. The van der Waals surface area contributed by atoms with E-state index in [0.717, 1.165) is 0 Å². The van der Waals surface area contributed by atoms with Gasteiger partial charge in [-0.15, -0.1) is 0 Å². The molecule has 0 saturated heterocycles. The molecule has 0 saturated carbocycles. The maximum absolute atomic E-state index is 12.6. The number of aryl methyl sites for hydroxylation is 2. The van der Waals surface area contributed by atoms with Gasteiger partial charge in [-0.3, -0.25) is 4.79 Å². The second-order valence-corrected chi connectivity index (χ2v) is 6.29. The van der Waals surface area contributed by atoms with Gasteiger partial charge in [0.25, 0.3) is 0 Å². The molecule has 1 aliphatic rings. The van der Waals surface area contributed by atoms with E-state index in [0.29, 0.717) is 22.4 Å². The minimum atomic E-state index is -3.02. The van der Waals surface area contributed by atoms with E-state index in [-0.39, 0.29) is 22.9 Å². The van der Waals surface area contributed by atoms with Gasteiger partial charge in [-0.2, -0.15) is 8.78 Å². The monoisotopic (exact) mass is 401 g/mol. The lowest BCUT2D eigenvalue weighted by molar-refractivity contribution is -0.132. The van der Waals surface area contributed by atoms with Crippen LogP contribution in [0.15, 0.2) is 47.1 Å². The van der Waals surface area contributed by atoms with E-state index in [2.05, 4.69) is 9.73 Å². The molecular weight excluding hydrogens is 384 g/mol. The molecule has 0 radical (unpaired) electrons. The van der Waals surface area contributed by atoms with E-state index in [4.69, 9.17) is 9.47 Å². The zero-order valence-corrected chi connectivity index (χ0v) is 15.9. The minimum Gasteiger partial charge on any atom is -0.434 e. The lowest BCUT2D eigenvalue weighted by Gasteiger charge is -2.10. The van der Waals surface area contributed by atoms with Crippen molar-refractivity contribution in [1.29, 1.82) is 0 Å². The van der Waals surface area contributed by atoms with Crippen LogP contribution in [0.4, 0.5) is 8.78 Å². The standard InChI is InChI=1S/C21H17F2NO5/c1-11-8-14(9-12(2)18(11)27-13(3)25)10-16-20(26)29-19(24-16)15-6-4-5-7-17(15)28-21(22)23/h4-10,21H,1-3H3/b16-10-. The molecule has 2 aromatic rings. The number of hydrogen-bond donors (Lipinski definition) is 0. The van der Waals surface area contributed by atoms with Crippen molar-refractivity contribution in [2.45, 2.75) is 27.4 Å². The molecule has 1 aliphatic heterocycles. The Bertz CT molecular complexity index is 1020. The van der Waals surface area contributed by atoms with Crippen LogP contribution in [-0.4, -0.2) is 24.4 Å². The maximum atomic E-state index is 12.6. The maximum Gasteiger partial charge on any atom is 0.387 e. The number of carbonyl (C=O) groups is 2. The summed E-state index contributed by atoms with van der Waals surface area (Å²) in [6, 6.07) is 9.37. The van der Waals surface area contributed by atoms with Crippen molar-refractivity contribution >= 4 is 23.9 Å². The Hall–Kier alpha value is -3.55. The summed E-state index contributed by atoms with van der Waals surface area (Å²) in [6.07, 6.45) is 1.50. The first-order valence-electron chi connectivity index (χ1n) is 8.61. The van der Waals surface area contributed by atoms with Crippen LogP contribution in [-0.2, 0) is 14.3 Å². The van der Waals surface area contributed by atoms with Gasteiger partial charge >= 0.3 is 18.6 Å². The number of nitrogens with zero attached hydrogens (tertiary/aromatic N) is 1. The lowest BCUT2D eigenvalue weighted by Crippen LogP contribution is -2.10. The Morgan fingerprint density at radius 3 is 2.45 bits per heavy atom. The lowest BCUT2D eigenvalue weighted by atomic mass is 10.0. The Balaban J connectivity index is 1.95. The molecule has 0 amide bonds. The van der Waals surface area contributed by atoms with Crippen LogP contribution in [0, 0.1) is 13.8 Å². The molecule has 3 rings (SSSR count). The number of ether oxygens (including phenoxy) is 3. The molecule has 29 heavy (non-hydrogen) atoms. The second kappa shape index (κ2) is 8.22. The summed E-state index contributed by atoms with van der Waals surface area (Å²) >= 11 is 0. The van der Waals surface area contributed by atoms with Gasteiger partial charge in [0, 0.05) is 6.92 Å². The fourth-order valence-corrected chi connectivity index (χ4v) is 2.90. The number of esters is 2. The summed E-state index contributed by atoms with van der Waals surface area (Å²) in [7, 11) is 0. The SMILES string of the molecule is CC(=O)Oc1c(C)cc(/C=C2\N=C(c3ccccc3OC(F)F)OC2=O)cc1C. The number of para-hydroxylation sites is 1. The molecule has 6 nitrogen and oxygen atoms in total. The highest BCUT2D eigenvalue weighted by atomic mass is 19.3. The van der Waals surface area contributed by atoms with Crippen molar-refractivity contribution in [1.82, 2.24) is 0 Å². The Labute approximate surface area is 165 Å². The molecule has 0 N–H and O–H groups in total. The van der Waals surface area contributed by atoms with Crippen LogP contribution in [0.2, 0.25) is 0 Å². The first-order valence-corrected chi connectivity index (χ1v) is 8.61. The molecule has 0 atom stereocenters. The molecule has 0 unspecified atom stereocenters. The largest absolute Gasteiger partial charge is 0.434 e. The first kappa shape index (κ1) is 20.2. The van der Waals surface area contributed by atoms with E-state index in [9.17, 15) is 18.4 Å². The third-order valence-electron chi connectivity index (χ3n) is 3.99. The van der Waals surface area contributed by atoms with Crippen molar-refractivity contribution in [3.05, 3.63) is 64.3 Å². The summed E-state index contributed by atoms with van der Waals surface area (Å²) in [5.41, 5.74) is 2.20. The van der Waals surface area contributed by atoms with Gasteiger partial charge in [0.15, 0.2) is 5.70 Å². The molecule has 0 aliphatic carbocycles. The van der Waals surface area contributed by atoms with E-state index in [1.807, 2.05) is 0 Å². The van der Waals surface area contributed by atoms with Crippen LogP contribution < -0.4 is 9.47 Å². The van der Waals surface area contributed by atoms with Gasteiger partial charge < -0.3 is 14.2 Å². The van der Waals surface area contributed by atoms with E-state index in [1.54, 1.807) is 32.0 Å². The van der Waals surface area contributed by atoms with Crippen LogP contribution >= 0.6 is 0 Å². The van der Waals surface area contributed by atoms with E-state index < -0.39 is 18.6 Å². The smallest absolute Gasteiger partial charge is 0.387 e. The number of carbonyl (C=O) groups excluding carboxylic acids is 2. The van der Waals surface area contributed by atoms with Gasteiger partial charge in [-0.1, -0.05) is 12.1 Å². The summed E-state index contributed by atoms with van der Waals surface area (Å²) in [6.45, 7) is 1.83. The number of rotatable bonds is 5. The molecule has 0 aromatic heterocycles. The topological polar surface area (TPSA) is 74.2 Å². The van der Waals surface area contributed by atoms with Crippen molar-refractivity contribution < 1.29 is 32.6 Å². The Morgan fingerprint density at radius 1 is 1.17 bits per heavy atom. The molecule has 8 heteroatoms. The predicted octanol–water partition coefficient (Wildman–Crippen LogP) is 4.17. The molecular formula is C21H17F2NO5. The van der Waals surface area contributed by atoms with Gasteiger partial charge in [0.05, 0.1) is 5.56 Å². The molecule has 0 fully saturated rings. The number of halogens is 2.